The highest BCUT2D eigenvalue weighted by Crippen LogP contribution is 2.13. The van der Waals surface area contributed by atoms with Crippen LogP contribution in [0.3, 0.4) is 0 Å². The van der Waals surface area contributed by atoms with Crippen molar-refractivity contribution >= 4 is 0 Å². The van der Waals surface area contributed by atoms with Gasteiger partial charge in [-0.15, -0.1) is 6.58 Å². The van der Waals surface area contributed by atoms with Gasteiger partial charge in [-0.3, -0.25) is 4.98 Å². The van der Waals surface area contributed by atoms with Crippen LogP contribution in [0.15, 0.2) is 37.2 Å². The van der Waals surface area contributed by atoms with E-state index < -0.39 is 0 Å². The number of nitrogens with zero attached hydrogens (tertiary/aromatic N) is 1. The fourth-order valence-corrected chi connectivity index (χ4v) is 1.37. The summed E-state index contributed by atoms with van der Waals surface area (Å²) in [6.07, 6.45) is 7.14. The average Bonchev–Trinajstić information content (AvgIpc) is 2.04. The first-order valence-electron chi connectivity index (χ1n) is 4.43. The molecule has 2 heteroatoms. The molecule has 0 radical (unpaired) electrons. The van der Waals surface area contributed by atoms with Crippen LogP contribution < -0.4 is 5.73 Å². The van der Waals surface area contributed by atoms with Gasteiger partial charge in [0.25, 0.3) is 0 Å². The molecule has 2 nitrogen and oxygen atoms in total. The van der Waals surface area contributed by atoms with Crippen molar-refractivity contribution in [3.63, 3.8) is 0 Å². The van der Waals surface area contributed by atoms with Crippen LogP contribution >= 0.6 is 0 Å². The number of rotatable bonds is 4. The zero-order valence-electron chi connectivity index (χ0n) is 8.03. The van der Waals surface area contributed by atoms with Gasteiger partial charge in [-0.2, -0.15) is 0 Å². The molecule has 0 fully saturated rings. The summed E-state index contributed by atoms with van der Waals surface area (Å²) in [5, 5.41) is 0. The molecule has 0 aliphatic rings. The van der Waals surface area contributed by atoms with Gasteiger partial charge in [-0.05, 0) is 31.4 Å². The quantitative estimate of drug-likeness (QED) is 0.712. The summed E-state index contributed by atoms with van der Waals surface area (Å²) in [6, 6.07) is 3.97. The minimum atomic E-state index is -0.204. The van der Waals surface area contributed by atoms with Gasteiger partial charge in [0.15, 0.2) is 0 Å². The van der Waals surface area contributed by atoms with Crippen LogP contribution in [0.4, 0.5) is 0 Å². The third-order valence-corrected chi connectivity index (χ3v) is 1.94. The third-order valence-electron chi connectivity index (χ3n) is 1.94. The molecular formula is C11H16N2. The van der Waals surface area contributed by atoms with E-state index in [1.807, 2.05) is 31.3 Å². The maximum absolute atomic E-state index is 6.06. The molecule has 1 unspecified atom stereocenters. The molecule has 1 rings (SSSR count). The lowest BCUT2D eigenvalue weighted by Gasteiger charge is -2.22. The molecule has 1 atom stereocenters. The molecule has 70 valence electrons. The van der Waals surface area contributed by atoms with Crippen molar-refractivity contribution in [2.45, 2.75) is 25.3 Å². The van der Waals surface area contributed by atoms with E-state index in [0.717, 1.165) is 12.8 Å². The topological polar surface area (TPSA) is 38.9 Å². The summed E-state index contributed by atoms with van der Waals surface area (Å²) < 4.78 is 0. The van der Waals surface area contributed by atoms with Gasteiger partial charge >= 0.3 is 0 Å². The van der Waals surface area contributed by atoms with Gasteiger partial charge in [0, 0.05) is 17.9 Å². The second-order valence-corrected chi connectivity index (χ2v) is 3.68. The molecule has 13 heavy (non-hydrogen) atoms. The summed E-state index contributed by atoms with van der Waals surface area (Å²) in [6.45, 7) is 5.72. The number of hydrogen-bond acceptors (Lipinski definition) is 2. The Labute approximate surface area is 79.5 Å². The predicted octanol–water partition coefficient (Wildman–Crippen LogP) is 1.92. The Morgan fingerprint density at radius 2 is 2.46 bits per heavy atom. The fraction of sp³-hybridized carbons (Fsp3) is 0.364. The summed E-state index contributed by atoms with van der Waals surface area (Å²) in [5.74, 6) is 0. The van der Waals surface area contributed by atoms with E-state index in [4.69, 9.17) is 5.73 Å². The molecule has 0 saturated heterocycles. The third kappa shape index (κ3) is 3.38. The minimum Gasteiger partial charge on any atom is -0.325 e. The summed E-state index contributed by atoms with van der Waals surface area (Å²) in [7, 11) is 0. The smallest absolute Gasteiger partial charge is 0.0300 e. The molecule has 0 aliphatic carbocycles. The van der Waals surface area contributed by atoms with Gasteiger partial charge in [0.2, 0.25) is 0 Å². The van der Waals surface area contributed by atoms with E-state index in [9.17, 15) is 0 Å². The Morgan fingerprint density at radius 3 is 3.00 bits per heavy atom. The van der Waals surface area contributed by atoms with Gasteiger partial charge in [-0.25, -0.2) is 0 Å². The summed E-state index contributed by atoms with van der Waals surface area (Å²) >= 11 is 0. The van der Waals surface area contributed by atoms with E-state index in [2.05, 4.69) is 11.6 Å². The van der Waals surface area contributed by atoms with Gasteiger partial charge in [0.1, 0.15) is 0 Å². The van der Waals surface area contributed by atoms with E-state index in [-0.39, 0.29) is 5.54 Å². The number of pyridine rings is 1. The predicted molar refractivity (Wildman–Crippen MR) is 55.3 cm³/mol. The molecule has 0 amide bonds. The molecule has 0 bridgehead atoms. The molecule has 0 saturated carbocycles. The standard InChI is InChI=1S/C11H16N2/c1-3-6-11(2,12)8-10-5-4-7-13-9-10/h3-5,7,9H,1,6,8,12H2,2H3. The van der Waals surface area contributed by atoms with Crippen LogP contribution in [0, 0.1) is 0 Å². The first-order valence-corrected chi connectivity index (χ1v) is 4.43. The molecule has 2 N–H and O–H groups in total. The molecule has 1 aromatic heterocycles. The number of nitrogens with two attached hydrogens (primary N) is 1. The van der Waals surface area contributed by atoms with Crippen LogP contribution in [-0.2, 0) is 6.42 Å². The normalized spacial score (nSPS) is 14.9. The summed E-state index contributed by atoms with van der Waals surface area (Å²) in [4.78, 5) is 4.05. The van der Waals surface area contributed by atoms with Gasteiger partial charge < -0.3 is 5.73 Å². The fourth-order valence-electron chi connectivity index (χ4n) is 1.37. The lowest BCUT2D eigenvalue weighted by Crippen LogP contribution is -2.37. The van der Waals surface area contributed by atoms with Crippen molar-refractivity contribution in [3.05, 3.63) is 42.7 Å². The van der Waals surface area contributed by atoms with Crippen LogP contribution in [0.5, 0.6) is 0 Å². The van der Waals surface area contributed by atoms with E-state index in [0.29, 0.717) is 0 Å². The second kappa shape index (κ2) is 4.19. The second-order valence-electron chi connectivity index (χ2n) is 3.68. The highest BCUT2D eigenvalue weighted by atomic mass is 14.7. The lowest BCUT2D eigenvalue weighted by molar-refractivity contribution is 0.472. The zero-order chi connectivity index (χ0) is 9.73. The van der Waals surface area contributed by atoms with Crippen molar-refractivity contribution in [1.82, 2.24) is 4.98 Å². The average molecular weight is 176 g/mol. The van der Waals surface area contributed by atoms with Crippen LogP contribution in [0.25, 0.3) is 0 Å². The SMILES string of the molecule is C=CCC(C)(N)Cc1cccnc1. The van der Waals surface area contributed by atoms with Crippen molar-refractivity contribution in [3.8, 4) is 0 Å². The Balaban J connectivity index is 2.63. The molecular weight excluding hydrogens is 160 g/mol. The Kier molecular flexibility index (Phi) is 3.20. The van der Waals surface area contributed by atoms with Crippen LogP contribution in [0.2, 0.25) is 0 Å². The van der Waals surface area contributed by atoms with Crippen molar-refractivity contribution in [2.24, 2.45) is 5.73 Å². The molecule has 0 aliphatic heterocycles. The van der Waals surface area contributed by atoms with Crippen LogP contribution in [-0.4, -0.2) is 10.5 Å². The Morgan fingerprint density at radius 1 is 1.69 bits per heavy atom. The van der Waals surface area contributed by atoms with E-state index >= 15 is 0 Å². The highest BCUT2D eigenvalue weighted by Gasteiger charge is 2.16. The molecule has 1 aromatic rings. The Bertz CT molecular complexity index is 265. The largest absolute Gasteiger partial charge is 0.325 e. The van der Waals surface area contributed by atoms with Crippen molar-refractivity contribution in [1.29, 1.82) is 0 Å². The number of aromatic nitrogens is 1. The van der Waals surface area contributed by atoms with Crippen LogP contribution in [0.1, 0.15) is 18.9 Å². The maximum Gasteiger partial charge on any atom is 0.0300 e. The van der Waals surface area contributed by atoms with Crippen molar-refractivity contribution in [2.75, 3.05) is 0 Å². The molecule has 0 aromatic carbocycles. The molecule has 0 spiro atoms. The van der Waals surface area contributed by atoms with E-state index in [1.54, 1.807) is 6.20 Å². The van der Waals surface area contributed by atoms with E-state index in [1.165, 1.54) is 5.56 Å². The Hall–Kier alpha value is -1.15. The first kappa shape index (κ1) is 9.93. The maximum atomic E-state index is 6.06. The van der Waals surface area contributed by atoms with Gasteiger partial charge in [0.05, 0.1) is 0 Å². The minimum absolute atomic E-state index is 0.204. The molecule has 1 heterocycles. The highest BCUT2D eigenvalue weighted by molar-refractivity contribution is 5.12. The first-order chi connectivity index (χ1) is 6.14. The summed E-state index contributed by atoms with van der Waals surface area (Å²) in [5.41, 5.74) is 7.03. The van der Waals surface area contributed by atoms with Crippen molar-refractivity contribution < 1.29 is 0 Å². The zero-order valence-corrected chi connectivity index (χ0v) is 8.03. The number of hydrogen-bond donors (Lipinski definition) is 1. The van der Waals surface area contributed by atoms with Gasteiger partial charge in [-0.1, -0.05) is 12.1 Å². The monoisotopic (exact) mass is 176 g/mol. The lowest BCUT2D eigenvalue weighted by atomic mass is 9.91.